The van der Waals surface area contributed by atoms with E-state index >= 15 is 0 Å². The lowest BCUT2D eigenvalue weighted by atomic mass is 10.1. The van der Waals surface area contributed by atoms with Crippen molar-refractivity contribution >= 4 is 21.6 Å². The normalized spacial score (nSPS) is 16.2. The standard InChI is InChI=1S/C15H21N3O6S/c1-11-3-4-12(18(21)22)9-14(11)25(23,24)16(2)10-15(20)17-7-5-13(19)6-8-17/h3-4,9,13,19H,5-8,10H2,1-2H3. The van der Waals surface area contributed by atoms with Crippen molar-refractivity contribution in [3.63, 3.8) is 0 Å². The van der Waals surface area contributed by atoms with Gasteiger partial charge in [-0.15, -0.1) is 0 Å². The minimum absolute atomic E-state index is 0.189. The number of carbonyl (C=O) groups is 1. The minimum Gasteiger partial charge on any atom is -0.393 e. The van der Waals surface area contributed by atoms with Crippen LogP contribution in [0, 0.1) is 17.0 Å². The number of likely N-dealkylation sites (N-methyl/N-ethyl adjacent to an activating group) is 1. The number of hydrogen-bond acceptors (Lipinski definition) is 6. The van der Waals surface area contributed by atoms with Crippen molar-refractivity contribution in [3.8, 4) is 0 Å². The maximum atomic E-state index is 12.7. The lowest BCUT2D eigenvalue weighted by molar-refractivity contribution is -0.385. The first-order valence-corrected chi connectivity index (χ1v) is 9.24. The predicted octanol–water partition coefficient (Wildman–Crippen LogP) is 0.507. The molecule has 0 spiro atoms. The molecule has 1 aliphatic rings. The zero-order valence-corrected chi connectivity index (χ0v) is 14.9. The van der Waals surface area contributed by atoms with Crippen LogP contribution in [0.2, 0.25) is 0 Å². The maximum Gasteiger partial charge on any atom is 0.270 e. The summed E-state index contributed by atoms with van der Waals surface area (Å²) in [7, 11) is -2.77. The molecule has 10 heteroatoms. The van der Waals surface area contributed by atoms with E-state index in [1.165, 1.54) is 31.0 Å². The first-order valence-electron chi connectivity index (χ1n) is 7.80. The highest BCUT2D eigenvalue weighted by Gasteiger charge is 2.29. The number of amides is 1. The largest absolute Gasteiger partial charge is 0.393 e. The number of aliphatic hydroxyl groups is 1. The van der Waals surface area contributed by atoms with Gasteiger partial charge < -0.3 is 10.0 Å². The molecule has 1 heterocycles. The Morgan fingerprint density at radius 2 is 2.00 bits per heavy atom. The van der Waals surface area contributed by atoms with E-state index in [4.69, 9.17) is 0 Å². The van der Waals surface area contributed by atoms with Gasteiger partial charge in [0.1, 0.15) is 0 Å². The van der Waals surface area contributed by atoms with Crippen LogP contribution in [0.4, 0.5) is 5.69 Å². The molecule has 1 N–H and O–H groups in total. The molecule has 0 bridgehead atoms. The molecule has 0 unspecified atom stereocenters. The Morgan fingerprint density at radius 3 is 2.56 bits per heavy atom. The van der Waals surface area contributed by atoms with Gasteiger partial charge in [-0.05, 0) is 25.3 Å². The zero-order valence-electron chi connectivity index (χ0n) is 14.1. The van der Waals surface area contributed by atoms with Gasteiger partial charge in [-0.2, -0.15) is 4.31 Å². The highest BCUT2D eigenvalue weighted by molar-refractivity contribution is 7.89. The van der Waals surface area contributed by atoms with Crippen LogP contribution in [-0.2, 0) is 14.8 Å². The average Bonchev–Trinajstić information content (AvgIpc) is 2.55. The number of sulfonamides is 1. The van der Waals surface area contributed by atoms with Gasteiger partial charge in [0.15, 0.2) is 0 Å². The van der Waals surface area contributed by atoms with Crippen LogP contribution in [0.5, 0.6) is 0 Å². The van der Waals surface area contributed by atoms with Crippen LogP contribution in [0.25, 0.3) is 0 Å². The number of carbonyl (C=O) groups excluding carboxylic acids is 1. The molecular weight excluding hydrogens is 350 g/mol. The van der Waals surface area contributed by atoms with Gasteiger partial charge in [0, 0.05) is 32.3 Å². The number of non-ortho nitro benzene ring substituents is 1. The van der Waals surface area contributed by atoms with Crippen LogP contribution in [0.1, 0.15) is 18.4 Å². The molecule has 0 aromatic heterocycles. The molecule has 1 saturated heterocycles. The number of aliphatic hydroxyl groups excluding tert-OH is 1. The summed E-state index contributed by atoms with van der Waals surface area (Å²) in [5.41, 5.74) is 0.0416. The average molecular weight is 371 g/mol. The molecule has 25 heavy (non-hydrogen) atoms. The van der Waals surface area contributed by atoms with Gasteiger partial charge in [-0.1, -0.05) is 6.07 Å². The quantitative estimate of drug-likeness (QED) is 0.594. The number of hydrogen-bond donors (Lipinski definition) is 1. The summed E-state index contributed by atoms with van der Waals surface area (Å²) in [5, 5.41) is 20.4. The predicted molar refractivity (Wildman–Crippen MR) is 89.5 cm³/mol. The number of nitro groups is 1. The topological polar surface area (TPSA) is 121 Å². The summed E-state index contributed by atoms with van der Waals surface area (Å²) in [5.74, 6) is -0.360. The van der Waals surface area contributed by atoms with Gasteiger partial charge in [0.05, 0.1) is 22.5 Å². The molecule has 1 amide bonds. The van der Waals surface area contributed by atoms with Crippen molar-refractivity contribution in [1.29, 1.82) is 0 Å². The third kappa shape index (κ3) is 4.33. The van der Waals surface area contributed by atoms with Crippen LogP contribution < -0.4 is 0 Å². The van der Waals surface area contributed by atoms with Gasteiger partial charge in [-0.3, -0.25) is 14.9 Å². The Morgan fingerprint density at radius 1 is 1.40 bits per heavy atom. The number of benzene rings is 1. The lowest BCUT2D eigenvalue weighted by Gasteiger charge is -2.30. The molecule has 1 fully saturated rings. The molecule has 0 radical (unpaired) electrons. The molecular formula is C15H21N3O6S. The first-order chi connectivity index (χ1) is 11.6. The van der Waals surface area contributed by atoms with Crippen molar-refractivity contribution in [2.45, 2.75) is 30.8 Å². The molecule has 0 atom stereocenters. The van der Waals surface area contributed by atoms with Gasteiger partial charge in [0.2, 0.25) is 15.9 Å². The first kappa shape index (κ1) is 19.3. The third-order valence-electron chi connectivity index (χ3n) is 4.25. The fourth-order valence-electron chi connectivity index (χ4n) is 2.64. The molecule has 138 valence electrons. The number of likely N-dealkylation sites (tertiary alicyclic amines) is 1. The van der Waals surface area contributed by atoms with Crippen molar-refractivity contribution in [1.82, 2.24) is 9.21 Å². The van der Waals surface area contributed by atoms with E-state index in [1.807, 2.05) is 0 Å². The summed E-state index contributed by atoms with van der Waals surface area (Å²) in [6, 6.07) is 3.61. The number of piperidine rings is 1. The number of aryl methyl sites for hydroxylation is 1. The Hall–Kier alpha value is -2.04. The molecule has 0 aliphatic carbocycles. The van der Waals surface area contributed by atoms with Crippen molar-refractivity contribution in [2.75, 3.05) is 26.7 Å². The molecule has 0 saturated carbocycles. The second-order valence-corrected chi connectivity index (χ2v) is 8.09. The Balaban J connectivity index is 2.17. The van der Waals surface area contributed by atoms with E-state index < -0.39 is 21.1 Å². The summed E-state index contributed by atoms with van der Waals surface area (Å²) < 4.78 is 26.3. The smallest absolute Gasteiger partial charge is 0.270 e. The second-order valence-electron chi connectivity index (χ2n) is 6.08. The number of rotatable bonds is 5. The molecule has 2 rings (SSSR count). The van der Waals surface area contributed by atoms with Gasteiger partial charge in [-0.25, -0.2) is 8.42 Å². The fourth-order valence-corrected chi connectivity index (χ4v) is 4.00. The summed E-state index contributed by atoms with van der Waals surface area (Å²) in [6.07, 6.45) is 0.497. The highest BCUT2D eigenvalue weighted by atomic mass is 32.2. The van der Waals surface area contributed by atoms with Gasteiger partial charge in [0.25, 0.3) is 5.69 Å². The van der Waals surface area contributed by atoms with Crippen LogP contribution in [0.15, 0.2) is 23.1 Å². The zero-order chi connectivity index (χ0) is 18.8. The molecule has 1 aliphatic heterocycles. The van der Waals surface area contributed by atoms with E-state index in [0.29, 0.717) is 31.5 Å². The van der Waals surface area contributed by atoms with Crippen molar-refractivity contribution in [3.05, 3.63) is 33.9 Å². The number of nitrogens with zero attached hydrogens (tertiary/aromatic N) is 3. The van der Waals surface area contributed by atoms with Gasteiger partial charge >= 0.3 is 0 Å². The number of nitro benzene ring substituents is 1. The van der Waals surface area contributed by atoms with Crippen LogP contribution in [-0.4, -0.2) is 66.3 Å². The third-order valence-corrected chi connectivity index (χ3v) is 6.19. The van der Waals surface area contributed by atoms with E-state index in [2.05, 4.69) is 0 Å². The van der Waals surface area contributed by atoms with E-state index in [9.17, 15) is 28.4 Å². The highest BCUT2D eigenvalue weighted by Crippen LogP contribution is 2.24. The molecule has 1 aromatic carbocycles. The minimum atomic E-state index is -4.04. The van der Waals surface area contributed by atoms with Crippen molar-refractivity contribution < 1.29 is 23.2 Å². The Kier molecular flexibility index (Phi) is 5.76. The lowest BCUT2D eigenvalue weighted by Crippen LogP contribution is -2.45. The summed E-state index contributed by atoms with van der Waals surface area (Å²) in [4.78, 5) is 23.8. The SMILES string of the molecule is Cc1ccc([N+](=O)[O-])cc1S(=O)(=O)N(C)CC(=O)N1CCC(O)CC1. The van der Waals surface area contributed by atoms with Crippen molar-refractivity contribution in [2.24, 2.45) is 0 Å². The summed E-state index contributed by atoms with van der Waals surface area (Å²) in [6.45, 7) is 1.94. The molecule has 1 aromatic rings. The Bertz CT molecular complexity index is 771. The van der Waals surface area contributed by atoms with E-state index in [-0.39, 0.29) is 23.0 Å². The molecule has 9 nitrogen and oxygen atoms in total. The summed E-state index contributed by atoms with van der Waals surface area (Å²) >= 11 is 0. The van der Waals surface area contributed by atoms with E-state index in [0.717, 1.165) is 10.4 Å². The fraction of sp³-hybridized carbons (Fsp3) is 0.533. The van der Waals surface area contributed by atoms with Crippen LogP contribution in [0.3, 0.4) is 0 Å². The van der Waals surface area contributed by atoms with Crippen LogP contribution >= 0.6 is 0 Å². The monoisotopic (exact) mass is 371 g/mol. The Labute approximate surface area is 146 Å². The van der Waals surface area contributed by atoms with E-state index in [1.54, 1.807) is 0 Å². The second kappa shape index (κ2) is 7.46. The maximum absolute atomic E-state index is 12.7.